The van der Waals surface area contributed by atoms with E-state index in [-0.39, 0.29) is 6.10 Å². The lowest BCUT2D eigenvalue weighted by atomic mass is 9.92. The second kappa shape index (κ2) is 8.47. The van der Waals surface area contributed by atoms with Crippen LogP contribution in [0.4, 0.5) is 0 Å². The Labute approximate surface area is 194 Å². The number of aromatic nitrogens is 2. The van der Waals surface area contributed by atoms with Crippen molar-refractivity contribution in [3.63, 3.8) is 0 Å². The molecule has 2 heterocycles. The van der Waals surface area contributed by atoms with E-state index >= 15 is 0 Å². The molecule has 0 aliphatic carbocycles. The van der Waals surface area contributed by atoms with Crippen LogP contribution in [-0.2, 0) is 13.6 Å². The lowest BCUT2D eigenvalue weighted by molar-refractivity contribution is 0.175. The predicted molar refractivity (Wildman–Crippen MR) is 132 cm³/mol. The molecule has 4 aromatic rings. The quantitative estimate of drug-likeness (QED) is 0.491. The summed E-state index contributed by atoms with van der Waals surface area (Å²) in [5, 5.41) is 21.4. The van der Waals surface area contributed by atoms with E-state index in [4.69, 9.17) is 4.98 Å². The van der Waals surface area contributed by atoms with Gasteiger partial charge < -0.3 is 9.67 Å². The van der Waals surface area contributed by atoms with E-state index in [0.29, 0.717) is 5.56 Å². The molecular weight excluding hydrogens is 408 g/mol. The normalized spacial score (nSPS) is 16.4. The Morgan fingerprint density at radius 1 is 1.09 bits per heavy atom. The highest BCUT2D eigenvalue weighted by molar-refractivity contribution is 6.01. The van der Waals surface area contributed by atoms with Gasteiger partial charge in [-0.1, -0.05) is 42.5 Å². The monoisotopic (exact) mass is 436 g/mol. The molecule has 5 rings (SSSR count). The van der Waals surface area contributed by atoms with Crippen molar-refractivity contribution in [1.29, 1.82) is 5.26 Å². The van der Waals surface area contributed by atoms with E-state index in [2.05, 4.69) is 47.6 Å². The molecule has 1 unspecified atom stereocenters. The van der Waals surface area contributed by atoms with E-state index in [1.165, 1.54) is 16.7 Å². The molecule has 1 aromatic heterocycles. The lowest BCUT2D eigenvalue weighted by Gasteiger charge is -2.18. The second-order valence-electron chi connectivity index (χ2n) is 9.15. The molecule has 1 saturated heterocycles. The average molecular weight is 437 g/mol. The zero-order valence-electron chi connectivity index (χ0n) is 19.3. The van der Waals surface area contributed by atoms with Crippen LogP contribution in [0.3, 0.4) is 0 Å². The van der Waals surface area contributed by atoms with Gasteiger partial charge in [0.25, 0.3) is 0 Å². The zero-order chi connectivity index (χ0) is 23.1. The Morgan fingerprint density at radius 3 is 2.48 bits per heavy atom. The number of β-amino-alcohol motifs (C(OH)–C–C–N with tert-alkyl or cyclic N) is 1. The highest BCUT2D eigenvalue weighted by atomic mass is 16.3. The van der Waals surface area contributed by atoms with Gasteiger partial charge in [0.2, 0.25) is 0 Å². The Kier molecular flexibility index (Phi) is 5.49. The summed E-state index contributed by atoms with van der Waals surface area (Å²) in [6.07, 6.45) is 2.52. The number of aryl methyl sites for hydroxylation is 3. The molecule has 1 aliphatic rings. The smallest absolute Gasteiger partial charge is 0.0998 e. The van der Waals surface area contributed by atoms with Gasteiger partial charge in [-0.15, -0.1) is 0 Å². The minimum Gasteiger partial charge on any atom is -0.392 e. The summed E-state index contributed by atoms with van der Waals surface area (Å²) < 4.78 is 2.07. The number of imidazole rings is 1. The van der Waals surface area contributed by atoms with Crippen LogP contribution in [0, 0.1) is 25.2 Å². The minimum absolute atomic E-state index is 0.204. The minimum atomic E-state index is -0.204. The summed E-state index contributed by atoms with van der Waals surface area (Å²) >= 11 is 0. The van der Waals surface area contributed by atoms with Crippen LogP contribution in [-0.4, -0.2) is 38.8 Å². The summed E-state index contributed by atoms with van der Waals surface area (Å²) in [6.45, 7) is 6.85. The van der Waals surface area contributed by atoms with E-state index in [9.17, 15) is 10.4 Å². The molecule has 33 heavy (non-hydrogen) atoms. The third kappa shape index (κ3) is 3.82. The molecule has 1 atom stereocenters. The summed E-state index contributed by atoms with van der Waals surface area (Å²) in [6, 6.07) is 18.8. The fourth-order valence-electron chi connectivity index (χ4n) is 5.27. The predicted octanol–water partition coefficient (Wildman–Crippen LogP) is 4.96. The van der Waals surface area contributed by atoms with Gasteiger partial charge in [-0.2, -0.15) is 5.26 Å². The van der Waals surface area contributed by atoms with Gasteiger partial charge in [0, 0.05) is 43.2 Å². The van der Waals surface area contributed by atoms with E-state index in [1.54, 1.807) is 0 Å². The summed E-state index contributed by atoms with van der Waals surface area (Å²) in [7, 11) is 2.02. The van der Waals surface area contributed by atoms with Gasteiger partial charge in [-0.05, 0) is 48.4 Å². The number of nitriles is 1. The van der Waals surface area contributed by atoms with Crippen molar-refractivity contribution in [2.45, 2.75) is 32.9 Å². The highest BCUT2D eigenvalue weighted by Gasteiger charge is 2.22. The van der Waals surface area contributed by atoms with E-state index in [0.717, 1.165) is 59.3 Å². The van der Waals surface area contributed by atoms with Gasteiger partial charge >= 0.3 is 0 Å². The molecule has 3 aromatic carbocycles. The Morgan fingerprint density at radius 2 is 1.82 bits per heavy atom. The summed E-state index contributed by atoms with van der Waals surface area (Å²) in [5.74, 6) is 0. The van der Waals surface area contributed by atoms with Crippen molar-refractivity contribution in [3.05, 3.63) is 77.1 Å². The van der Waals surface area contributed by atoms with Crippen LogP contribution in [0.5, 0.6) is 0 Å². The molecule has 1 aliphatic heterocycles. The molecule has 166 valence electrons. The van der Waals surface area contributed by atoms with Gasteiger partial charge in [-0.25, -0.2) is 4.98 Å². The number of likely N-dealkylation sites (tertiary alicyclic amines) is 1. The van der Waals surface area contributed by atoms with Crippen LogP contribution in [0.1, 0.15) is 28.7 Å². The maximum atomic E-state index is 9.86. The number of rotatable bonds is 4. The first-order valence-electron chi connectivity index (χ1n) is 11.4. The molecule has 0 amide bonds. The third-order valence-electron chi connectivity index (χ3n) is 6.72. The van der Waals surface area contributed by atoms with Crippen molar-refractivity contribution in [3.8, 4) is 28.6 Å². The average Bonchev–Trinajstić information content (AvgIpc) is 3.37. The number of hydrogen-bond donors (Lipinski definition) is 1. The van der Waals surface area contributed by atoms with Crippen molar-refractivity contribution < 1.29 is 5.11 Å². The van der Waals surface area contributed by atoms with Crippen molar-refractivity contribution >= 4 is 10.8 Å². The van der Waals surface area contributed by atoms with Gasteiger partial charge in [0.05, 0.1) is 35.5 Å². The number of hydrogen-bond acceptors (Lipinski definition) is 4. The number of benzene rings is 3. The summed E-state index contributed by atoms with van der Waals surface area (Å²) in [4.78, 5) is 7.14. The van der Waals surface area contributed by atoms with Gasteiger partial charge in [-0.3, -0.25) is 4.90 Å². The van der Waals surface area contributed by atoms with Crippen LogP contribution < -0.4 is 0 Å². The molecule has 5 nitrogen and oxygen atoms in total. The fraction of sp³-hybridized carbons (Fsp3) is 0.286. The lowest BCUT2D eigenvalue weighted by Crippen LogP contribution is -2.21. The molecule has 1 N–H and O–H groups in total. The first kappa shape index (κ1) is 21.4. The number of aliphatic hydroxyl groups is 1. The Hall–Kier alpha value is -3.46. The number of nitrogens with zero attached hydrogens (tertiary/aromatic N) is 4. The SMILES string of the molecule is Cc1cc(CN2CCC(O)C2)cc(C)c1-c1ncn(C)c1-c1ccc(C#N)c2ccccc12. The molecule has 1 fully saturated rings. The van der Waals surface area contributed by atoms with Crippen LogP contribution in [0.25, 0.3) is 33.3 Å². The Balaban J connectivity index is 1.61. The highest BCUT2D eigenvalue weighted by Crippen LogP contribution is 2.39. The topological polar surface area (TPSA) is 65.1 Å². The third-order valence-corrected chi connectivity index (χ3v) is 6.72. The molecular formula is C28H28N4O. The summed E-state index contributed by atoms with van der Waals surface area (Å²) in [5.41, 5.74) is 8.59. The number of fused-ring (bicyclic) bond motifs is 1. The molecule has 5 heteroatoms. The van der Waals surface area contributed by atoms with Gasteiger partial charge in [0.1, 0.15) is 0 Å². The van der Waals surface area contributed by atoms with Crippen LogP contribution in [0.15, 0.2) is 54.9 Å². The fourth-order valence-corrected chi connectivity index (χ4v) is 5.27. The number of aliphatic hydroxyl groups excluding tert-OH is 1. The van der Waals surface area contributed by atoms with Crippen molar-refractivity contribution in [2.24, 2.45) is 7.05 Å². The first-order chi connectivity index (χ1) is 16.0. The molecule has 0 spiro atoms. The zero-order valence-corrected chi connectivity index (χ0v) is 19.3. The van der Waals surface area contributed by atoms with Crippen molar-refractivity contribution in [2.75, 3.05) is 13.1 Å². The second-order valence-corrected chi connectivity index (χ2v) is 9.15. The van der Waals surface area contributed by atoms with Gasteiger partial charge in [0.15, 0.2) is 0 Å². The maximum Gasteiger partial charge on any atom is 0.0998 e. The maximum absolute atomic E-state index is 9.86. The Bertz CT molecular complexity index is 1370. The molecule has 0 radical (unpaired) electrons. The van der Waals surface area contributed by atoms with Crippen molar-refractivity contribution in [1.82, 2.24) is 14.5 Å². The van der Waals surface area contributed by atoms with Crippen LogP contribution >= 0.6 is 0 Å². The van der Waals surface area contributed by atoms with Crippen LogP contribution in [0.2, 0.25) is 0 Å². The first-order valence-corrected chi connectivity index (χ1v) is 11.4. The largest absolute Gasteiger partial charge is 0.392 e. The molecule has 0 bridgehead atoms. The standard InChI is InChI=1S/C28H28N4O/c1-18-12-20(15-32-11-10-22(33)16-32)13-19(2)26(18)27-28(31(3)17-30-27)25-9-8-21(14-29)23-6-4-5-7-24(23)25/h4-9,12-13,17,22,33H,10-11,15-16H2,1-3H3. The van der Waals surface area contributed by atoms with E-state index < -0.39 is 0 Å². The van der Waals surface area contributed by atoms with E-state index in [1.807, 2.05) is 43.7 Å². The molecule has 0 saturated carbocycles.